The second-order valence-corrected chi connectivity index (χ2v) is 7.36. The minimum Gasteiger partial charge on any atom is -0.507 e. The summed E-state index contributed by atoms with van der Waals surface area (Å²) in [6.07, 6.45) is 1.51. The summed E-state index contributed by atoms with van der Waals surface area (Å²) in [5.74, 6) is -1.11. The lowest BCUT2D eigenvalue weighted by Crippen LogP contribution is -2.29. The Labute approximate surface area is 172 Å². The first-order valence-corrected chi connectivity index (χ1v) is 9.47. The van der Waals surface area contributed by atoms with Crippen LogP contribution in [-0.4, -0.2) is 21.7 Å². The molecule has 0 spiro atoms. The molecular formula is C23H18ClNO4. The van der Waals surface area contributed by atoms with E-state index in [1.165, 1.54) is 11.2 Å². The molecule has 1 fully saturated rings. The topological polar surface area (TPSA) is 70.8 Å². The van der Waals surface area contributed by atoms with Crippen LogP contribution < -0.4 is 0 Å². The van der Waals surface area contributed by atoms with Crippen LogP contribution in [-0.2, 0) is 16.1 Å². The smallest absolute Gasteiger partial charge is 0.296 e. The van der Waals surface area contributed by atoms with Gasteiger partial charge in [0.1, 0.15) is 11.5 Å². The van der Waals surface area contributed by atoms with Crippen LogP contribution in [0.4, 0.5) is 0 Å². The monoisotopic (exact) mass is 407 g/mol. The van der Waals surface area contributed by atoms with Crippen LogP contribution in [0.5, 0.6) is 0 Å². The number of aliphatic hydroxyl groups excluding tert-OH is 1. The summed E-state index contributed by atoms with van der Waals surface area (Å²) in [7, 11) is 0. The maximum absolute atomic E-state index is 12.9. The van der Waals surface area contributed by atoms with Gasteiger partial charge in [0.05, 0.1) is 24.4 Å². The van der Waals surface area contributed by atoms with Gasteiger partial charge in [-0.15, -0.1) is 0 Å². The zero-order valence-electron chi connectivity index (χ0n) is 15.6. The van der Waals surface area contributed by atoms with E-state index >= 15 is 0 Å². The van der Waals surface area contributed by atoms with Crippen molar-refractivity contribution in [1.82, 2.24) is 4.90 Å². The van der Waals surface area contributed by atoms with Crippen molar-refractivity contribution in [3.63, 3.8) is 0 Å². The predicted molar refractivity (Wildman–Crippen MR) is 109 cm³/mol. The summed E-state index contributed by atoms with van der Waals surface area (Å²) < 4.78 is 5.37. The number of rotatable bonds is 4. The van der Waals surface area contributed by atoms with Crippen LogP contribution in [0.1, 0.15) is 28.5 Å². The SMILES string of the molecule is Cc1ccc(/C(O)=C2/C(=O)C(=O)N(Cc3ccco3)C2c2cccc(Cl)c2)cc1. The van der Waals surface area contributed by atoms with Gasteiger partial charge in [0.15, 0.2) is 0 Å². The Hall–Kier alpha value is -3.31. The van der Waals surface area contributed by atoms with Gasteiger partial charge in [-0.25, -0.2) is 0 Å². The van der Waals surface area contributed by atoms with Gasteiger partial charge in [-0.05, 0) is 36.8 Å². The van der Waals surface area contributed by atoms with Crippen molar-refractivity contribution in [3.8, 4) is 0 Å². The second-order valence-electron chi connectivity index (χ2n) is 6.93. The number of hydrogen-bond donors (Lipinski definition) is 1. The summed E-state index contributed by atoms with van der Waals surface area (Å²) in [5.41, 5.74) is 2.16. The van der Waals surface area contributed by atoms with Crippen LogP contribution in [0.15, 0.2) is 76.9 Å². The van der Waals surface area contributed by atoms with Crippen molar-refractivity contribution in [2.24, 2.45) is 0 Å². The lowest BCUT2D eigenvalue weighted by atomic mass is 9.95. The highest BCUT2D eigenvalue weighted by atomic mass is 35.5. The minimum atomic E-state index is -0.778. The van der Waals surface area contributed by atoms with Crippen LogP contribution in [0.3, 0.4) is 0 Å². The van der Waals surface area contributed by atoms with Gasteiger partial charge < -0.3 is 14.4 Å². The molecule has 0 aliphatic carbocycles. The Bertz CT molecular complexity index is 1100. The Balaban J connectivity index is 1.87. The fourth-order valence-electron chi connectivity index (χ4n) is 3.50. The molecule has 6 heteroatoms. The van der Waals surface area contributed by atoms with Crippen LogP contribution in [0.2, 0.25) is 5.02 Å². The van der Waals surface area contributed by atoms with Crippen molar-refractivity contribution in [2.75, 3.05) is 0 Å². The van der Waals surface area contributed by atoms with E-state index in [0.717, 1.165) is 5.56 Å². The van der Waals surface area contributed by atoms with E-state index in [4.69, 9.17) is 16.0 Å². The Morgan fingerprint density at radius 3 is 2.52 bits per heavy atom. The lowest BCUT2D eigenvalue weighted by molar-refractivity contribution is -0.140. The molecule has 1 amide bonds. The number of aryl methyl sites for hydroxylation is 1. The molecule has 1 saturated heterocycles. The number of ketones is 1. The maximum atomic E-state index is 12.9. The quantitative estimate of drug-likeness (QED) is 0.381. The maximum Gasteiger partial charge on any atom is 0.296 e. The first kappa shape index (κ1) is 19.0. The third-order valence-electron chi connectivity index (χ3n) is 4.94. The molecule has 1 aromatic heterocycles. The van der Waals surface area contributed by atoms with Crippen molar-refractivity contribution in [2.45, 2.75) is 19.5 Å². The molecule has 29 heavy (non-hydrogen) atoms. The van der Waals surface area contributed by atoms with E-state index < -0.39 is 17.7 Å². The van der Waals surface area contributed by atoms with Gasteiger partial charge in [0.2, 0.25) is 0 Å². The molecule has 1 unspecified atom stereocenters. The normalized spacial score (nSPS) is 18.4. The molecule has 0 bridgehead atoms. The number of halogens is 1. The van der Waals surface area contributed by atoms with E-state index in [2.05, 4.69) is 0 Å². The summed E-state index contributed by atoms with van der Waals surface area (Å²) >= 11 is 6.16. The number of benzene rings is 2. The predicted octanol–water partition coefficient (Wildman–Crippen LogP) is 4.86. The van der Waals surface area contributed by atoms with Gasteiger partial charge >= 0.3 is 0 Å². The number of aliphatic hydroxyl groups is 1. The molecule has 2 heterocycles. The summed E-state index contributed by atoms with van der Waals surface area (Å²) in [4.78, 5) is 27.2. The fourth-order valence-corrected chi connectivity index (χ4v) is 3.70. The largest absolute Gasteiger partial charge is 0.507 e. The van der Waals surface area contributed by atoms with Crippen LogP contribution >= 0.6 is 11.6 Å². The zero-order chi connectivity index (χ0) is 20.5. The fraction of sp³-hybridized carbons (Fsp3) is 0.130. The molecule has 1 N–H and O–H groups in total. The number of nitrogens with zero attached hydrogens (tertiary/aromatic N) is 1. The molecule has 146 valence electrons. The van der Waals surface area contributed by atoms with Gasteiger partial charge in [-0.1, -0.05) is 53.6 Å². The Morgan fingerprint density at radius 1 is 1.10 bits per heavy atom. The van der Waals surface area contributed by atoms with E-state index in [1.54, 1.807) is 48.5 Å². The van der Waals surface area contributed by atoms with E-state index in [-0.39, 0.29) is 17.9 Å². The lowest BCUT2D eigenvalue weighted by Gasteiger charge is -2.24. The number of amides is 1. The van der Waals surface area contributed by atoms with E-state index in [1.807, 2.05) is 19.1 Å². The van der Waals surface area contributed by atoms with Gasteiger partial charge in [0.25, 0.3) is 11.7 Å². The van der Waals surface area contributed by atoms with Crippen LogP contribution in [0, 0.1) is 6.92 Å². The molecule has 3 aromatic rings. The first-order chi connectivity index (χ1) is 14.0. The molecule has 0 radical (unpaired) electrons. The van der Waals surface area contributed by atoms with Gasteiger partial charge in [-0.3, -0.25) is 9.59 Å². The molecule has 2 aromatic carbocycles. The van der Waals surface area contributed by atoms with Gasteiger partial charge in [0, 0.05) is 10.6 Å². The molecule has 0 saturated carbocycles. The minimum absolute atomic E-state index is 0.0349. The van der Waals surface area contributed by atoms with Gasteiger partial charge in [-0.2, -0.15) is 0 Å². The Kier molecular flexibility index (Phi) is 4.99. The van der Waals surface area contributed by atoms with Crippen LogP contribution in [0.25, 0.3) is 5.76 Å². The van der Waals surface area contributed by atoms with Crippen molar-refractivity contribution < 1.29 is 19.1 Å². The Morgan fingerprint density at radius 2 is 1.86 bits per heavy atom. The summed E-state index contributed by atoms with van der Waals surface area (Å²) in [5, 5.41) is 11.4. The highest BCUT2D eigenvalue weighted by molar-refractivity contribution is 6.46. The highest BCUT2D eigenvalue weighted by Gasteiger charge is 2.46. The van der Waals surface area contributed by atoms with Crippen molar-refractivity contribution in [3.05, 3.63) is 100.0 Å². The highest BCUT2D eigenvalue weighted by Crippen LogP contribution is 2.40. The first-order valence-electron chi connectivity index (χ1n) is 9.09. The average molecular weight is 408 g/mol. The zero-order valence-corrected chi connectivity index (χ0v) is 16.4. The second kappa shape index (κ2) is 7.60. The third kappa shape index (κ3) is 3.57. The number of hydrogen-bond acceptors (Lipinski definition) is 4. The number of likely N-dealkylation sites (tertiary alicyclic amines) is 1. The van der Waals surface area contributed by atoms with E-state index in [9.17, 15) is 14.7 Å². The number of carbonyl (C=O) groups excluding carboxylic acids is 2. The molecule has 1 atom stereocenters. The van der Waals surface area contributed by atoms with Crippen molar-refractivity contribution in [1.29, 1.82) is 0 Å². The van der Waals surface area contributed by atoms with Crippen molar-refractivity contribution >= 4 is 29.1 Å². The molecule has 1 aliphatic rings. The molecule has 1 aliphatic heterocycles. The number of carbonyl (C=O) groups is 2. The van der Waals surface area contributed by atoms with E-state index in [0.29, 0.717) is 21.9 Å². The molecule has 4 rings (SSSR count). The standard InChI is InChI=1S/C23H18ClNO4/c1-14-7-9-15(10-8-14)21(26)19-20(16-4-2-5-17(24)12-16)25(23(28)22(19)27)13-18-6-3-11-29-18/h2-12,20,26H,13H2,1H3/b21-19-. The third-order valence-corrected chi connectivity index (χ3v) is 5.17. The molecule has 5 nitrogen and oxygen atoms in total. The number of furan rings is 1. The summed E-state index contributed by atoms with van der Waals surface area (Å²) in [6, 6.07) is 16.7. The average Bonchev–Trinajstić information content (AvgIpc) is 3.30. The molecular weight excluding hydrogens is 390 g/mol. The number of Topliss-reactive ketones (excluding diaryl/α,β-unsaturated/α-hetero) is 1. The summed E-state index contributed by atoms with van der Waals surface area (Å²) in [6.45, 7) is 2.03.